The number of cyclic esters (lactones) is 1. The van der Waals surface area contributed by atoms with E-state index in [0.29, 0.717) is 30.5 Å². The van der Waals surface area contributed by atoms with Gasteiger partial charge >= 0.3 is 5.97 Å². The van der Waals surface area contributed by atoms with Crippen LogP contribution in [-0.4, -0.2) is 138 Å². The summed E-state index contributed by atoms with van der Waals surface area (Å²) in [7, 11) is 3.65. The number of rotatable bonds is 8. The lowest BCUT2D eigenvalue weighted by atomic mass is 9.67. The van der Waals surface area contributed by atoms with Crippen molar-refractivity contribution in [2.45, 2.75) is 180 Å². The first-order valence-corrected chi connectivity index (χ1v) is 21.1. The molecule has 4 aliphatic heterocycles. The van der Waals surface area contributed by atoms with Crippen molar-refractivity contribution in [3.05, 3.63) is 12.2 Å². The summed E-state index contributed by atoms with van der Waals surface area (Å²) in [5.74, 6) is -0.607. The van der Waals surface area contributed by atoms with Gasteiger partial charge in [-0.2, -0.15) is 0 Å². The molecule has 3 N–H and O–H groups in total. The lowest BCUT2D eigenvalue weighted by Crippen LogP contribution is -2.61. The van der Waals surface area contributed by atoms with Crippen molar-refractivity contribution in [2.24, 2.45) is 34.7 Å². The van der Waals surface area contributed by atoms with Gasteiger partial charge in [-0.1, -0.05) is 46.4 Å². The van der Waals surface area contributed by atoms with Crippen LogP contribution in [0.25, 0.3) is 0 Å². The van der Waals surface area contributed by atoms with Gasteiger partial charge in [-0.05, 0) is 72.4 Å². The molecule has 17 atom stereocenters. The molecule has 8 unspecified atom stereocenters. The van der Waals surface area contributed by atoms with Crippen molar-refractivity contribution in [3.63, 3.8) is 0 Å². The Morgan fingerprint density at radius 2 is 1.74 bits per heavy atom. The minimum atomic E-state index is -1.71. The third-order valence-corrected chi connectivity index (χ3v) is 13.8. The third kappa shape index (κ3) is 10.4. The average Bonchev–Trinajstić information content (AvgIpc) is 3.16. The molecule has 13 heteroatoms. The van der Waals surface area contributed by atoms with Crippen molar-refractivity contribution in [2.75, 3.05) is 33.9 Å². The Bertz CT molecular complexity index is 1430. The van der Waals surface area contributed by atoms with Gasteiger partial charge in [-0.15, -0.1) is 12.3 Å². The van der Waals surface area contributed by atoms with Crippen LogP contribution in [0, 0.1) is 41.9 Å². The number of ether oxygens (including phenoxy) is 7. The van der Waals surface area contributed by atoms with Gasteiger partial charge in [0.1, 0.15) is 17.8 Å². The van der Waals surface area contributed by atoms with Gasteiger partial charge in [-0.25, -0.2) is 0 Å². The number of hydrogen-bond donors (Lipinski definition) is 3. The molecule has 0 radical (unpaired) electrons. The monoisotopic (exact) mass is 807 g/mol. The van der Waals surface area contributed by atoms with Crippen LogP contribution in [0.2, 0.25) is 0 Å². The molecule has 0 spiro atoms. The molecule has 2 bridgehead atoms. The number of oxime groups is 1. The molecular formula is C44H74N2O11. The molecule has 4 aliphatic rings. The van der Waals surface area contributed by atoms with Crippen LogP contribution in [0.3, 0.4) is 0 Å². The maximum atomic E-state index is 14.7. The van der Waals surface area contributed by atoms with Gasteiger partial charge in [0, 0.05) is 56.7 Å². The van der Waals surface area contributed by atoms with E-state index in [2.05, 4.69) is 29.6 Å². The number of hydrogen-bond acceptors (Lipinski definition) is 13. The van der Waals surface area contributed by atoms with Gasteiger partial charge in [0.25, 0.3) is 0 Å². The zero-order valence-corrected chi connectivity index (χ0v) is 36.7. The Morgan fingerprint density at radius 1 is 1.05 bits per heavy atom. The van der Waals surface area contributed by atoms with Crippen LogP contribution < -0.4 is 0 Å². The Kier molecular flexibility index (Phi) is 16.3. The van der Waals surface area contributed by atoms with Crippen LogP contribution in [0.1, 0.15) is 108 Å². The number of fused-ring (bicyclic) bond motifs is 5. The fourth-order valence-electron chi connectivity index (χ4n) is 10.4. The minimum absolute atomic E-state index is 0.0411. The highest BCUT2D eigenvalue weighted by Crippen LogP contribution is 2.46. The van der Waals surface area contributed by atoms with Crippen molar-refractivity contribution < 1.29 is 53.4 Å². The number of carbonyl (C=O) groups excluding carboxylic acids is 1. The normalized spacial score (nSPS) is 46.4. The first-order chi connectivity index (χ1) is 26.7. The van der Waals surface area contributed by atoms with E-state index in [0.717, 1.165) is 13.0 Å². The summed E-state index contributed by atoms with van der Waals surface area (Å²) in [5.41, 5.74) is -2.75. The number of methoxy groups -OCH3 is 1. The molecule has 0 saturated carbocycles. The predicted molar refractivity (Wildman–Crippen MR) is 217 cm³/mol. The molecule has 4 fully saturated rings. The minimum Gasteiger partial charge on any atom is -0.459 e. The van der Waals surface area contributed by atoms with Crippen molar-refractivity contribution >= 4 is 11.7 Å². The molecule has 4 saturated heterocycles. The molecule has 4 rings (SSSR count). The number of terminal acetylenes is 1. The van der Waals surface area contributed by atoms with Gasteiger partial charge in [0.05, 0.1) is 66.6 Å². The second-order valence-electron chi connectivity index (χ2n) is 18.3. The third-order valence-electron chi connectivity index (χ3n) is 13.8. The summed E-state index contributed by atoms with van der Waals surface area (Å²) in [4.78, 5) is 16.9. The molecular weight excluding hydrogens is 732 g/mol. The van der Waals surface area contributed by atoms with E-state index < -0.39 is 95.3 Å². The fourth-order valence-corrected chi connectivity index (χ4v) is 10.4. The van der Waals surface area contributed by atoms with Gasteiger partial charge in [0.15, 0.2) is 6.29 Å². The maximum absolute atomic E-state index is 14.7. The summed E-state index contributed by atoms with van der Waals surface area (Å²) >= 11 is 0. The number of aliphatic hydroxyl groups excluding tert-OH is 1. The standard InChI is InChI=1S/C44H74N2O11/c1-15-17-18-46(13)32-19-27(5)54-35(20-32)57-39-28(6)36(33-22-42(10,51-14)38(47)31(9)55-33)29(7)41(48)56-34(16-2)44(12,49)40-30(8)37(45-50)26(4)21-43(39,11)53-24-25(3)23-52-40/h1,26-36,38-40,47,49-50H,3,16-24H2,2,4-14H3/b45-37+/t26-,27?,28+,29?,30?,31?,32?,33?,34-,35?,36+,38+,39-,40?,42-,43-,44-/m1/s1. The Balaban J connectivity index is 1.97. The van der Waals surface area contributed by atoms with Crippen LogP contribution in [-0.2, 0) is 38.0 Å². The average molecular weight is 807 g/mol. The number of esters is 1. The number of nitrogens with zero attached hydrogens (tertiary/aromatic N) is 2. The van der Waals surface area contributed by atoms with Gasteiger partial charge < -0.3 is 53.5 Å². The highest BCUT2D eigenvalue weighted by molar-refractivity contribution is 5.88. The SMILES string of the molecule is C#CCCN(C)C1CC(C)OC(O[C@@H]2[C@@H](C)[C@H](C3C[C@@](C)(OC)[C@@H](O)C(C)O3)C(C)C(=O)O[C@H](CC)[C@@](C)(O)C3OCC(=C)CO[C@]2(C)C[C@@H](C)/C(=N\O)C3C)C1. The first kappa shape index (κ1) is 47.6. The molecule has 0 aromatic carbocycles. The molecule has 57 heavy (non-hydrogen) atoms. The zero-order chi connectivity index (χ0) is 42.6. The zero-order valence-electron chi connectivity index (χ0n) is 36.7. The van der Waals surface area contributed by atoms with E-state index in [1.807, 2.05) is 62.3 Å². The largest absolute Gasteiger partial charge is 0.459 e. The molecule has 0 aromatic rings. The lowest BCUT2D eigenvalue weighted by molar-refractivity contribution is -0.280. The summed E-state index contributed by atoms with van der Waals surface area (Å²) in [6.45, 7) is 24.1. The quantitative estimate of drug-likeness (QED) is 0.0950. The van der Waals surface area contributed by atoms with Crippen LogP contribution in [0.15, 0.2) is 17.3 Å². The van der Waals surface area contributed by atoms with Crippen molar-refractivity contribution in [1.82, 2.24) is 4.90 Å². The number of aliphatic hydroxyl groups is 2. The first-order valence-electron chi connectivity index (χ1n) is 21.1. The van der Waals surface area contributed by atoms with Gasteiger partial charge in [0.2, 0.25) is 0 Å². The van der Waals surface area contributed by atoms with E-state index in [4.69, 9.17) is 39.6 Å². The maximum Gasteiger partial charge on any atom is 0.309 e. The fraction of sp³-hybridized carbons (Fsp3) is 0.864. The predicted octanol–water partition coefficient (Wildman–Crippen LogP) is 5.36. The summed E-state index contributed by atoms with van der Waals surface area (Å²) in [6, 6.07) is 0.138. The Labute approximate surface area is 342 Å². The molecule has 326 valence electrons. The number of carbonyl (C=O) groups is 1. The summed E-state index contributed by atoms with van der Waals surface area (Å²) in [5, 5.41) is 38.2. The Hall–Kier alpha value is -2.12. The molecule has 4 heterocycles. The van der Waals surface area contributed by atoms with Crippen molar-refractivity contribution in [3.8, 4) is 12.3 Å². The van der Waals surface area contributed by atoms with E-state index >= 15 is 0 Å². The highest BCUT2D eigenvalue weighted by Gasteiger charge is 2.56. The second kappa shape index (κ2) is 19.5. The topological polar surface area (TPSA) is 158 Å². The van der Waals surface area contributed by atoms with E-state index in [9.17, 15) is 20.2 Å². The summed E-state index contributed by atoms with van der Waals surface area (Å²) < 4.78 is 46.3. The molecule has 0 amide bonds. The van der Waals surface area contributed by atoms with E-state index in [-0.39, 0.29) is 38.2 Å². The lowest BCUT2D eigenvalue weighted by Gasteiger charge is -2.52. The van der Waals surface area contributed by atoms with E-state index in [1.165, 1.54) is 0 Å². The van der Waals surface area contributed by atoms with Crippen LogP contribution >= 0.6 is 0 Å². The molecule has 0 aliphatic carbocycles. The van der Waals surface area contributed by atoms with Crippen LogP contribution in [0.5, 0.6) is 0 Å². The summed E-state index contributed by atoms with van der Waals surface area (Å²) in [6.07, 6.45) is 2.96. The Morgan fingerprint density at radius 3 is 2.35 bits per heavy atom. The molecule has 0 aromatic heterocycles. The van der Waals surface area contributed by atoms with Crippen molar-refractivity contribution in [1.29, 1.82) is 0 Å². The van der Waals surface area contributed by atoms with E-state index in [1.54, 1.807) is 14.0 Å². The highest BCUT2D eigenvalue weighted by atomic mass is 16.7. The smallest absolute Gasteiger partial charge is 0.309 e. The van der Waals surface area contributed by atoms with Crippen LogP contribution in [0.4, 0.5) is 0 Å². The molecule has 13 nitrogen and oxygen atoms in total. The van der Waals surface area contributed by atoms with Gasteiger partial charge in [-0.3, -0.25) is 4.79 Å². The second-order valence-corrected chi connectivity index (χ2v) is 18.3.